The minimum atomic E-state index is -1.70. The molecule has 0 fully saturated rings. The number of rotatable bonds is 3. The Labute approximate surface area is 86.2 Å². The van der Waals surface area contributed by atoms with E-state index in [1.54, 1.807) is 0 Å². The molecule has 0 heterocycles. The van der Waals surface area contributed by atoms with Crippen molar-refractivity contribution in [2.24, 2.45) is 0 Å². The molecule has 0 spiro atoms. The number of hydrogen-bond acceptors (Lipinski definition) is 2. The Kier molecular flexibility index (Phi) is 3.47. The van der Waals surface area contributed by atoms with Gasteiger partial charge in [-0.2, -0.15) is 0 Å². The van der Waals surface area contributed by atoms with Gasteiger partial charge in [0.15, 0.2) is 0 Å². The van der Waals surface area contributed by atoms with Gasteiger partial charge in [-0.25, -0.2) is 0 Å². The lowest BCUT2D eigenvalue weighted by Crippen LogP contribution is -2.42. The fourth-order valence-electron chi connectivity index (χ4n) is 1.31. The Morgan fingerprint density at radius 3 is 1.93 bits per heavy atom. The third-order valence-corrected chi connectivity index (χ3v) is 4.42. The van der Waals surface area contributed by atoms with Crippen molar-refractivity contribution in [2.45, 2.75) is 31.5 Å². The molecule has 14 heavy (non-hydrogen) atoms. The largest absolute Gasteiger partial charge is 0.394 e. The molecule has 1 rings (SSSR count). The van der Waals surface area contributed by atoms with Crippen LogP contribution >= 0.6 is 0 Å². The SMILES string of the molecule is C[Si](C)(C)[C@H](O)[C@@H](O)c1ccccc1. The molecule has 78 valence electrons. The average Bonchev–Trinajstić information content (AvgIpc) is 2.15. The molecule has 0 radical (unpaired) electrons. The molecule has 0 saturated heterocycles. The van der Waals surface area contributed by atoms with Crippen LogP contribution in [0.1, 0.15) is 11.7 Å². The van der Waals surface area contributed by atoms with Gasteiger partial charge >= 0.3 is 0 Å². The Morgan fingerprint density at radius 2 is 1.50 bits per heavy atom. The summed E-state index contributed by atoms with van der Waals surface area (Å²) in [6.07, 6.45) is -0.747. The molecule has 0 amide bonds. The van der Waals surface area contributed by atoms with E-state index in [0.29, 0.717) is 0 Å². The van der Waals surface area contributed by atoms with E-state index in [1.165, 1.54) is 0 Å². The second-order valence-electron chi connectivity index (χ2n) is 4.67. The van der Waals surface area contributed by atoms with E-state index in [9.17, 15) is 10.2 Å². The highest BCUT2D eigenvalue weighted by atomic mass is 28.3. The second kappa shape index (κ2) is 4.25. The Morgan fingerprint density at radius 1 is 1.00 bits per heavy atom. The number of aliphatic hydroxyl groups is 2. The highest BCUT2D eigenvalue weighted by molar-refractivity contribution is 6.77. The zero-order valence-electron chi connectivity index (χ0n) is 8.94. The fourth-order valence-corrected chi connectivity index (χ4v) is 2.45. The maximum absolute atomic E-state index is 9.92. The highest BCUT2D eigenvalue weighted by Gasteiger charge is 2.31. The molecular weight excluding hydrogens is 192 g/mol. The molecule has 2 N–H and O–H groups in total. The van der Waals surface area contributed by atoms with Crippen LogP contribution in [0.4, 0.5) is 0 Å². The van der Waals surface area contributed by atoms with Crippen LogP contribution in [0.5, 0.6) is 0 Å². The smallest absolute Gasteiger partial charge is 0.102 e. The van der Waals surface area contributed by atoms with E-state index < -0.39 is 19.9 Å². The van der Waals surface area contributed by atoms with E-state index in [2.05, 4.69) is 0 Å². The van der Waals surface area contributed by atoms with Gasteiger partial charge in [-0.15, -0.1) is 0 Å². The van der Waals surface area contributed by atoms with Crippen molar-refractivity contribution in [2.75, 3.05) is 0 Å². The molecule has 0 aliphatic carbocycles. The van der Waals surface area contributed by atoms with Gasteiger partial charge in [-0.05, 0) is 5.56 Å². The van der Waals surface area contributed by atoms with E-state index in [-0.39, 0.29) is 0 Å². The quantitative estimate of drug-likeness (QED) is 0.749. The second-order valence-corrected chi connectivity index (χ2v) is 9.99. The highest BCUT2D eigenvalue weighted by Crippen LogP contribution is 2.23. The van der Waals surface area contributed by atoms with Crippen LogP contribution in [-0.4, -0.2) is 24.0 Å². The fraction of sp³-hybridized carbons (Fsp3) is 0.455. The minimum absolute atomic E-state index is 0.607. The van der Waals surface area contributed by atoms with Gasteiger partial charge in [0.05, 0.1) is 13.8 Å². The van der Waals surface area contributed by atoms with E-state index in [0.717, 1.165) is 5.56 Å². The first-order chi connectivity index (χ1) is 6.43. The summed E-state index contributed by atoms with van der Waals surface area (Å²) in [5, 5.41) is 19.8. The van der Waals surface area contributed by atoms with Crippen LogP contribution in [0.3, 0.4) is 0 Å². The van der Waals surface area contributed by atoms with Crippen molar-refractivity contribution >= 4 is 8.07 Å². The van der Waals surface area contributed by atoms with Gasteiger partial charge < -0.3 is 10.2 Å². The van der Waals surface area contributed by atoms with Gasteiger partial charge in [0.25, 0.3) is 0 Å². The van der Waals surface area contributed by atoms with Gasteiger partial charge in [0.2, 0.25) is 0 Å². The third kappa shape index (κ3) is 2.67. The minimum Gasteiger partial charge on any atom is -0.394 e. The Bertz CT molecular complexity index is 279. The van der Waals surface area contributed by atoms with Crippen LogP contribution in [0, 0.1) is 0 Å². The van der Waals surface area contributed by atoms with Crippen molar-refractivity contribution in [3.63, 3.8) is 0 Å². The predicted octanol–water partition coefficient (Wildman–Crippen LogP) is 1.96. The van der Waals surface area contributed by atoms with E-state index >= 15 is 0 Å². The van der Waals surface area contributed by atoms with Crippen LogP contribution in [-0.2, 0) is 0 Å². The number of aliphatic hydroxyl groups excluding tert-OH is 2. The number of hydrogen-bond donors (Lipinski definition) is 2. The van der Waals surface area contributed by atoms with Gasteiger partial charge in [-0.1, -0.05) is 50.0 Å². The molecule has 0 aromatic heterocycles. The first kappa shape index (κ1) is 11.4. The van der Waals surface area contributed by atoms with Crippen LogP contribution in [0.15, 0.2) is 30.3 Å². The van der Waals surface area contributed by atoms with E-state index in [1.807, 2.05) is 50.0 Å². The zero-order chi connectivity index (χ0) is 10.8. The molecule has 2 nitrogen and oxygen atoms in total. The van der Waals surface area contributed by atoms with E-state index in [4.69, 9.17) is 0 Å². The van der Waals surface area contributed by atoms with Crippen molar-refractivity contribution in [3.05, 3.63) is 35.9 Å². The predicted molar refractivity (Wildman–Crippen MR) is 60.8 cm³/mol. The summed E-state index contributed by atoms with van der Waals surface area (Å²) in [4.78, 5) is 0. The van der Waals surface area contributed by atoms with Gasteiger partial charge in [0.1, 0.15) is 6.10 Å². The summed E-state index contributed by atoms with van der Waals surface area (Å²) in [5.74, 6) is 0. The maximum atomic E-state index is 9.92. The normalized spacial score (nSPS) is 16.4. The van der Waals surface area contributed by atoms with Crippen molar-refractivity contribution in [3.8, 4) is 0 Å². The molecule has 0 bridgehead atoms. The lowest BCUT2D eigenvalue weighted by atomic mass is 10.1. The molecule has 3 heteroatoms. The van der Waals surface area contributed by atoms with Crippen LogP contribution in [0.25, 0.3) is 0 Å². The van der Waals surface area contributed by atoms with Crippen molar-refractivity contribution in [1.29, 1.82) is 0 Å². The molecule has 1 aromatic carbocycles. The van der Waals surface area contributed by atoms with Crippen LogP contribution < -0.4 is 0 Å². The lowest BCUT2D eigenvalue weighted by molar-refractivity contribution is 0.0616. The van der Waals surface area contributed by atoms with Crippen molar-refractivity contribution < 1.29 is 10.2 Å². The topological polar surface area (TPSA) is 40.5 Å². The summed E-state index contributed by atoms with van der Waals surface area (Å²) in [6, 6.07) is 9.32. The summed E-state index contributed by atoms with van der Waals surface area (Å²) < 4.78 is 0. The monoisotopic (exact) mass is 210 g/mol. The lowest BCUT2D eigenvalue weighted by Gasteiger charge is -2.28. The molecular formula is C11H18O2Si. The molecule has 0 unspecified atom stereocenters. The third-order valence-electron chi connectivity index (χ3n) is 2.33. The molecule has 0 saturated carbocycles. The first-order valence-corrected chi connectivity index (χ1v) is 8.42. The Hall–Kier alpha value is -0.643. The standard InChI is InChI=1S/C11H18O2Si/c1-14(2,3)11(13)10(12)9-7-5-4-6-8-9/h4-8,10-13H,1-3H3/t10-,11-/m0/s1. The average molecular weight is 210 g/mol. The maximum Gasteiger partial charge on any atom is 0.102 e. The summed E-state index contributed by atoms with van der Waals surface area (Å²) in [6.45, 7) is 6.14. The van der Waals surface area contributed by atoms with Gasteiger partial charge in [-0.3, -0.25) is 0 Å². The number of benzene rings is 1. The Balaban J connectivity index is 2.81. The summed E-state index contributed by atoms with van der Waals surface area (Å²) in [7, 11) is -1.70. The molecule has 2 atom stereocenters. The molecule has 0 aliphatic rings. The molecule has 1 aromatic rings. The first-order valence-electron chi connectivity index (χ1n) is 4.84. The van der Waals surface area contributed by atoms with Gasteiger partial charge in [0, 0.05) is 0 Å². The summed E-state index contributed by atoms with van der Waals surface area (Å²) >= 11 is 0. The van der Waals surface area contributed by atoms with Crippen LogP contribution in [0.2, 0.25) is 19.6 Å². The summed E-state index contributed by atoms with van der Waals surface area (Å²) in [5.41, 5.74) is 0.187. The van der Waals surface area contributed by atoms with Crippen molar-refractivity contribution in [1.82, 2.24) is 0 Å². The molecule has 0 aliphatic heterocycles. The zero-order valence-corrected chi connectivity index (χ0v) is 9.94.